The molecule has 0 bridgehead atoms. The van der Waals surface area contributed by atoms with Gasteiger partial charge < -0.3 is 5.32 Å². The van der Waals surface area contributed by atoms with Crippen LogP contribution in [0.25, 0.3) is 0 Å². The predicted octanol–water partition coefficient (Wildman–Crippen LogP) is 0.466. The lowest BCUT2D eigenvalue weighted by Crippen LogP contribution is -2.47. The van der Waals surface area contributed by atoms with Crippen molar-refractivity contribution < 1.29 is 4.79 Å². The molecule has 76 valence electrons. The van der Waals surface area contributed by atoms with Gasteiger partial charge in [-0.3, -0.25) is 10.1 Å². The largest absolute Gasteiger partial charge is 0.353 e. The van der Waals surface area contributed by atoms with Crippen LogP contribution in [0.3, 0.4) is 0 Å². The summed E-state index contributed by atoms with van der Waals surface area (Å²) >= 11 is 1.61. The molecule has 1 aromatic rings. The lowest BCUT2D eigenvalue weighted by Gasteiger charge is -2.21. The Bertz CT molecular complexity index is 337. The molecule has 1 aliphatic rings. The van der Waals surface area contributed by atoms with Gasteiger partial charge in [0.1, 0.15) is 6.04 Å². The fourth-order valence-corrected chi connectivity index (χ4v) is 2.23. The van der Waals surface area contributed by atoms with E-state index in [9.17, 15) is 4.79 Å². The minimum Gasteiger partial charge on any atom is -0.353 e. The molecule has 5 heteroatoms. The second-order valence-electron chi connectivity index (χ2n) is 3.20. The van der Waals surface area contributed by atoms with Crippen molar-refractivity contribution in [2.45, 2.75) is 19.4 Å². The molecule has 1 fully saturated rings. The molecule has 0 spiro atoms. The van der Waals surface area contributed by atoms with Gasteiger partial charge in [0.25, 0.3) is 0 Å². The van der Waals surface area contributed by atoms with E-state index in [1.165, 1.54) is 0 Å². The summed E-state index contributed by atoms with van der Waals surface area (Å²) in [7, 11) is 0. The molecule has 0 radical (unpaired) electrons. The highest BCUT2D eigenvalue weighted by Gasteiger charge is 2.25. The Morgan fingerprint density at radius 2 is 2.50 bits per heavy atom. The number of amides is 1. The van der Waals surface area contributed by atoms with E-state index in [1.807, 2.05) is 5.38 Å². The number of nitrogens with one attached hydrogen (secondary N) is 2. The first-order chi connectivity index (χ1) is 6.81. The van der Waals surface area contributed by atoms with Crippen LogP contribution in [0.1, 0.15) is 23.7 Å². The number of nitrogens with zero attached hydrogens (tertiary/aromatic N) is 1. The smallest absolute Gasteiger partial charge is 0.243 e. The number of piperazine rings is 1. The topological polar surface area (TPSA) is 54.0 Å². The summed E-state index contributed by atoms with van der Waals surface area (Å²) in [5.41, 5.74) is 0.851. The molecule has 1 aromatic heterocycles. The fourth-order valence-electron chi connectivity index (χ4n) is 1.46. The second kappa shape index (κ2) is 4.06. The van der Waals surface area contributed by atoms with Crippen LogP contribution in [0.5, 0.6) is 0 Å². The third-order valence-corrected chi connectivity index (χ3v) is 3.21. The standard InChI is InChI=1S/C9H13N3OS/c1-2-7-12-6(5-14-7)8-9(13)11-4-3-10-8/h5,8,10H,2-4H2,1H3,(H,11,13). The van der Waals surface area contributed by atoms with Gasteiger partial charge in [0, 0.05) is 18.5 Å². The molecular weight excluding hydrogens is 198 g/mol. The minimum absolute atomic E-state index is 0.0317. The van der Waals surface area contributed by atoms with E-state index in [-0.39, 0.29) is 11.9 Å². The van der Waals surface area contributed by atoms with Crippen molar-refractivity contribution in [2.24, 2.45) is 0 Å². The highest BCUT2D eigenvalue weighted by Crippen LogP contribution is 2.18. The Morgan fingerprint density at radius 3 is 3.14 bits per heavy atom. The zero-order valence-corrected chi connectivity index (χ0v) is 8.86. The van der Waals surface area contributed by atoms with Gasteiger partial charge >= 0.3 is 0 Å². The van der Waals surface area contributed by atoms with Gasteiger partial charge in [0.05, 0.1) is 10.7 Å². The van der Waals surface area contributed by atoms with E-state index in [4.69, 9.17) is 0 Å². The number of aromatic nitrogens is 1. The molecule has 1 unspecified atom stereocenters. The lowest BCUT2D eigenvalue weighted by molar-refractivity contribution is -0.124. The number of aryl methyl sites for hydroxylation is 1. The number of carbonyl (C=O) groups excluding carboxylic acids is 1. The van der Waals surface area contributed by atoms with Gasteiger partial charge in [-0.15, -0.1) is 11.3 Å². The van der Waals surface area contributed by atoms with Crippen LogP contribution in [0, 0.1) is 0 Å². The van der Waals surface area contributed by atoms with Crippen molar-refractivity contribution in [1.29, 1.82) is 0 Å². The van der Waals surface area contributed by atoms with Gasteiger partial charge in [-0.2, -0.15) is 0 Å². The maximum Gasteiger partial charge on any atom is 0.243 e. The second-order valence-corrected chi connectivity index (χ2v) is 4.14. The van der Waals surface area contributed by atoms with Crippen LogP contribution in [0.4, 0.5) is 0 Å². The quantitative estimate of drug-likeness (QED) is 0.747. The van der Waals surface area contributed by atoms with Crippen LogP contribution in [0.2, 0.25) is 0 Å². The monoisotopic (exact) mass is 211 g/mol. The average molecular weight is 211 g/mol. The molecule has 0 saturated carbocycles. The number of hydrogen-bond acceptors (Lipinski definition) is 4. The number of thiazole rings is 1. The molecule has 2 N–H and O–H groups in total. The van der Waals surface area contributed by atoms with Gasteiger partial charge in [-0.25, -0.2) is 4.98 Å². The number of rotatable bonds is 2. The van der Waals surface area contributed by atoms with Gasteiger partial charge in [0.2, 0.25) is 5.91 Å². The van der Waals surface area contributed by atoms with Crippen molar-refractivity contribution >= 4 is 17.2 Å². The maximum atomic E-state index is 11.5. The Morgan fingerprint density at radius 1 is 1.64 bits per heavy atom. The molecule has 1 saturated heterocycles. The molecule has 1 amide bonds. The van der Waals surface area contributed by atoms with Gasteiger partial charge in [-0.05, 0) is 6.42 Å². The molecular formula is C9H13N3OS. The van der Waals surface area contributed by atoms with Crippen LogP contribution < -0.4 is 10.6 Å². The van der Waals surface area contributed by atoms with E-state index in [1.54, 1.807) is 11.3 Å². The predicted molar refractivity (Wildman–Crippen MR) is 55.2 cm³/mol. The van der Waals surface area contributed by atoms with E-state index in [0.717, 1.165) is 23.7 Å². The van der Waals surface area contributed by atoms with Crippen molar-refractivity contribution in [2.75, 3.05) is 13.1 Å². The fraction of sp³-hybridized carbons (Fsp3) is 0.556. The first-order valence-corrected chi connectivity index (χ1v) is 5.64. The average Bonchev–Trinajstić information content (AvgIpc) is 2.67. The van der Waals surface area contributed by atoms with E-state index < -0.39 is 0 Å². The SMILES string of the molecule is CCc1nc(C2NCCNC2=O)cs1. The van der Waals surface area contributed by atoms with E-state index in [2.05, 4.69) is 22.5 Å². The molecule has 0 aromatic carbocycles. The third-order valence-electron chi connectivity index (χ3n) is 2.20. The summed E-state index contributed by atoms with van der Waals surface area (Å²) in [6, 6.07) is -0.250. The van der Waals surface area contributed by atoms with E-state index >= 15 is 0 Å². The maximum absolute atomic E-state index is 11.5. The molecule has 1 aliphatic heterocycles. The highest BCUT2D eigenvalue weighted by atomic mass is 32.1. The lowest BCUT2D eigenvalue weighted by atomic mass is 10.2. The van der Waals surface area contributed by atoms with Crippen molar-refractivity contribution in [3.05, 3.63) is 16.1 Å². The zero-order chi connectivity index (χ0) is 9.97. The molecule has 0 aliphatic carbocycles. The normalized spacial score (nSPS) is 22.1. The summed E-state index contributed by atoms with van der Waals surface area (Å²) < 4.78 is 0. The summed E-state index contributed by atoms with van der Waals surface area (Å²) in [6.45, 7) is 3.59. The van der Waals surface area contributed by atoms with Crippen molar-refractivity contribution in [1.82, 2.24) is 15.6 Å². The van der Waals surface area contributed by atoms with Crippen molar-refractivity contribution in [3.63, 3.8) is 0 Å². The zero-order valence-electron chi connectivity index (χ0n) is 8.04. The molecule has 2 rings (SSSR count). The minimum atomic E-state index is -0.250. The van der Waals surface area contributed by atoms with Crippen LogP contribution in [0.15, 0.2) is 5.38 Å². The van der Waals surface area contributed by atoms with Gasteiger partial charge in [0.15, 0.2) is 0 Å². The summed E-state index contributed by atoms with van der Waals surface area (Å²) in [6.07, 6.45) is 0.930. The number of carbonyl (C=O) groups is 1. The highest BCUT2D eigenvalue weighted by molar-refractivity contribution is 7.09. The molecule has 2 heterocycles. The van der Waals surface area contributed by atoms with Crippen molar-refractivity contribution in [3.8, 4) is 0 Å². The summed E-state index contributed by atoms with van der Waals surface area (Å²) in [4.78, 5) is 15.9. The molecule has 4 nitrogen and oxygen atoms in total. The van der Waals surface area contributed by atoms with E-state index in [0.29, 0.717) is 6.54 Å². The van der Waals surface area contributed by atoms with Crippen LogP contribution in [-0.2, 0) is 11.2 Å². The first-order valence-electron chi connectivity index (χ1n) is 4.76. The third kappa shape index (κ3) is 1.78. The van der Waals surface area contributed by atoms with Gasteiger partial charge in [-0.1, -0.05) is 6.92 Å². The Labute approximate surface area is 86.7 Å². The Hall–Kier alpha value is -0.940. The molecule has 1 atom stereocenters. The Kier molecular flexibility index (Phi) is 2.79. The molecule has 14 heavy (non-hydrogen) atoms. The van der Waals surface area contributed by atoms with Crippen LogP contribution in [-0.4, -0.2) is 24.0 Å². The Balaban J connectivity index is 2.16. The summed E-state index contributed by atoms with van der Waals surface area (Å²) in [5.74, 6) is 0.0317. The number of hydrogen-bond donors (Lipinski definition) is 2. The first kappa shape index (κ1) is 9.61. The van der Waals surface area contributed by atoms with Crippen LogP contribution >= 0.6 is 11.3 Å². The summed E-state index contributed by atoms with van der Waals surface area (Å²) in [5, 5.41) is 9.02.